The molecule has 40 valence electrons. The Balaban J connectivity index is 0. The van der Waals surface area contributed by atoms with E-state index in [-0.39, 0.29) is 17.0 Å². The summed E-state index contributed by atoms with van der Waals surface area (Å²) in [6.45, 7) is 0.336. The van der Waals surface area contributed by atoms with Crippen LogP contribution in [0.25, 0.3) is 0 Å². The Labute approximate surface area is 57.6 Å². The van der Waals surface area contributed by atoms with Gasteiger partial charge in [0.15, 0.2) is 0 Å². The monoisotopic (exact) mass is 193 g/mol. The van der Waals surface area contributed by atoms with Crippen LogP contribution in [0.5, 0.6) is 0 Å². The van der Waals surface area contributed by atoms with Gasteiger partial charge >= 0.3 is 0 Å². The van der Waals surface area contributed by atoms with Crippen molar-refractivity contribution in [1.82, 2.24) is 0 Å². The highest BCUT2D eigenvalue weighted by molar-refractivity contribution is 8.93. The van der Waals surface area contributed by atoms with Crippen LogP contribution in [0.2, 0.25) is 0 Å². The second kappa shape index (κ2) is 6.02. The predicted octanol–water partition coefficient (Wildman–Crippen LogP) is 1.33. The number of rotatable bonds is 1. The molecule has 0 heterocycles. The molecular weight excluding hydrogens is 189 g/mol. The van der Waals surface area contributed by atoms with Crippen LogP contribution in [0.3, 0.4) is 0 Å². The molecule has 1 nitrogen and oxygen atoms in total. The van der Waals surface area contributed by atoms with E-state index in [0.29, 0.717) is 6.54 Å². The Morgan fingerprint density at radius 2 is 1.67 bits per heavy atom. The van der Waals surface area contributed by atoms with Gasteiger partial charge in [-0.1, -0.05) is 0 Å². The maximum Gasteiger partial charge on any atom is 0.120 e. The predicted molar refractivity (Wildman–Crippen MR) is 34.9 cm³/mol. The molecule has 0 amide bonds. The second-order valence-electron chi connectivity index (χ2n) is 0.627. The zero-order valence-corrected chi connectivity index (χ0v) is 6.25. The van der Waals surface area contributed by atoms with Crippen molar-refractivity contribution in [3.63, 3.8) is 0 Å². The maximum absolute atomic E-state index is 5.10. The first-order valence-corrected chi connectivity index (χ1v) is 2.13. The van der Waals surface area contributed by atoms with Gasteiger partial charge in [0.25, 0.3) is 0 Å². The highest BCUT2D eigenvalue weighted by Crippen LogP contribution is 1.94. The van der Waals surface area contributed by atoms with Crippen molar-refractivity contribution in [2.75, 3.05) is 6.54 Å². The van der Waals surface area contributed by atoms with Crippen LogP contribution in [-0.2, 0) is 0 Å². The van der Waals surface area contributed by atoms with Crippen LogP contribution in [0.1, 0.15) is 0 Å². The lowest BCUT2D eigenvalue weighted by atomic mass is 10.8. The molecule has 0 aliphatic rings. The molecule has 0 aromatic heterocycles. The summed E-state index contributed by atoms with van der Waals surface area (Å²) in [5.74, 6) is 0. The molecule has 0 aliphatic heterocycles. The van der Waals surface area contributed by atoms with E-state index in [1.807, 2.05) is 0 Å². The molecule has 0 bridgehead atoms. The summed E-state index contributed by atoms with van der Waals surface area (Å²) in [5.41, 5.74) is 4.91. The van der Waals surface area contributed by atoms with E-state index in [2.05, 4.69) is 0 Å². The largest absolute Gasteiger partial charge is 0.328 e. The van der Waals surface area contributed by atoms with E-state index in [1.54, 1.807) is 0 Å². The van der Waals surface area contributed by atoms with Crippen LogP contribution >= 0.6 is 40.2 Å². The standard InChI is InChI=1S/C2H5Cl2N.BrH/c3-2(4)1-5;/h2H,1,5H2;1H. The Morgan fingerprint density at radius 1 is 1.50 bits per heavy atom. The summed E-state index contributed by atoms with van der Waals surface area (Å²) in [4.78, 5) is -0.394. The van der Waals surface area contributed by atoms with Crippen molar-refractivity contribution < 1.29 is 0 Å². The zero-order chi connectivity index (χ0) is 4.28. The van der Waals surface area contributed by atoms with Gasteiger partial charge in [0, 0.05) is 6.54 Å². The van der Waals surface area contributed by atoms with Gasteiger partial charge in [-0.3, -0.25) is 0 Å². The van der Waals surface area contributed by atoms with Crippen molar-refractivity contribution in [1.29, 1.82) is 0 Å². The second-order valence-corrected chi connectivity index (χ2v) is 1.90. The maximum atomic E-state index is 5.10. The molecular formula is C2H6BrCl2N. The SMILES string of the molecule is Br.NCC(Cl)Cl. The first-order valence-electron chi connectivity index (χ1n) is 1.25. The third kappa shape index (κ3) is 8.89. The quantitative estimate of drug-likeness (QED) is 0.627. The minimum atomic E-state index is -0.394. The van der Waals surface area contributed by atoms with Crippen molar-refractivity contribution in [2.45, 2.75) is 4.84 Å². The molecule has 0 aromatic rings. The van der Waals surface area contributed by atoms with Crippen molar-refractivity contribution in [3.8, 4) is 0 Å². The fraction of sp³-hybridized carbons (Fsp3) is 1.00. The van der Waals surface area contributed by atoms with Crippen molar-refractivity contribution >= 4 is 40.2 Å². The van der Waals surface area contributed by atoms with Gasteiger partial charge in [0.1, 0.15) is 4.84 Å². The molecule has 0 radical (unpaired) electrons. The van der Waals surface area contributed by atoms with Gasteiger partial charge in [-0.05, 0) is 0 Å². The summed E-state index contributed by atoms with van der Waals surface area (Å²) in [6, 6.07) is 0. The van der Waals surface area contributed by atoms with E-state index in [9.17, 15) is 0 Å². The topological polar surface area (TPSA) is 26.0 Å². The molecule has 0 fully saturated rings. The molecule has 0 aromatic carbocycles. The van der Waals surface area contributed by atoms with Crippen LogP contribution in [-0.4, -0.2) is 11.4 Å². The normalized spacial score (nSPS) is 8.00. The van der Waals surface area contributed by atoms with E-state index in [1.165, 1.54) is 0 Å². The molecule has 0 spiro atoms. The van der Waals surface area contributed by atoms with Gasteiger partial charge in [-0.2, -0.15) is 0 Å². The zero-order valence-electron chi connectivity index (χ0n) is 3.03. The third-order valence-corrected chi connectivity index (χ3v) is 0.535. The Kier molecular flexibility index (Phi) is 10.1. The molecule has 0 atom stereocenters. The number of hydrogen-bond acceptors (Lipinski definition) is 1. The molecule has 4 heteroatoms. The van der Waals surface area contributed by atoms with Gasteiger partial charge in [-0.25, -0.2) is 0 Å². The van der Waals surface area contributed by atoms with Gasteiger partial charge in [0.2, 0.25) is 0 Å². The van der Waals surface area contributed by atoms with Crippen LogP contribution in [0.4, 0.5) is 0 Å². The summed E-state index contributed by atoms with van der Waals surface area (Å²) in [5, 5.41) is 0. The van der Waals surface area contributed by atoms with Crippen molar-refractivity contribution in [3.05, 3.63) is 0 Å². The van der Waals surface area contributed by atoms with Crippen molar-refractivity contribution in [2.24, 2.45) is 5.73 Å². The fourth-order valence-electron chi connectivity index (χ4n) is 0. The average Bonchev–Trinajstić information content (AvgIpc) is 1.38. The number of alkyl halides is 2. The van der Waals surface area contributed by atoms with Crippen LogP contribution in [0, 0.1) is 0 Å². The van der Waals surface area contributed by atoms with Gasteiger partial charge in [0.05, 0.1) is 0 Å². The van der Waals surface area contributed by atoms with Gasteiger partial charge < -0.3 is 5.73 Å². The fourth-order valence-corrected chi connectivity index (χ4v) is 0. The molecule has 2 N–H and O–H groups in total. The molecule has 0 aliphatic carbocycles. The summed E-state index contributed by atoms with van der Waals surface area (Å²) >= 11 is 10.2. The van der Waals surface area contributed by atoms with Crippen LogP contribution < -0.4 is 5.73 Å². The Morgan fingerprint density at radius 3 is 1.67 bits per heavy atom. The molecule has 0 rings (SSSR count). The lowest BCUT2D eigenvalue weighted by Crippen LogP contribution is -2.06. The smallest absolute Gasteiger partial charge is 0.120 e. The summed E-state index contributed by atoms with van der Waals surface area (Å²) in [7, 11) is 0. The van der Waals surface area contributed by atoms with E-state index in [4.69, 9.17) is 28.9 Å². The first-order chi connectivity index (χ1) is 2.27. The number of hydrogen-bond donors (Lipinski definition) is 1. The lowest BCUT2D eigenvalue weighted by molar-refractivity contribution is 1.09. The summed E-state index contributed by atoms with van der Waals surface area (Å²) in [6.07, 6.45) is 0. The molecule has 0 unspecified atom stereocenters. The number of nitrogens with two attached hydrogens (primary N) is 1. The minimum absolute atomic E-state index is 0. The van der Waals surface area contributed by atoms with E-state index >= 15 is 0 Å². The first kappa shape index (κ1) is 10.1. The van der Waals surface area contributed by atoms with E-state index in [0.717, 1.165) is 0 Å². The number of halogens is 3. The Bertz CT molecular complexity index is 25.5. The van der Waals surface area contributed by atoms with Crippen LogP contribution in [0.15, 0.2) is 0 Å². The Hall–Kier alpha value is 1.02. The average molecular weight is 195 g/mol. The third-order valence-electron chi connectivity index (χ3n) is 0.178. The molecule has 6 heavy (non-hydrogen) atoms. The minimum Gasteiger partial charge on any atom is -0.328 e. The highest BCUT2D eigenvalue weighted by Gasteiger charge is 1.86. The lowest BCUT2D eigenvalue weighted by Gasteiger charge is -1.85. The summed E-state index contributed by atoms with van der Waals surface area (Å²) < 4.78 is 0. The van der Waals surface area contributed by atoms with Gasteiger partial charge in [-0.15, -0.1) is 40.2 Å². The molecule has 0 saturated carbocycles. The molecule has 0 saturated heterocycles. The highest BCUT2D eigenvalue weighted by atomic mass is 79.9. The van der Waals surface area contributed by atoms with E-state index < -0.39 is 4.84 Å².